The molecule has 0 aliphatic carbocycles. The maximum absolute atomic E-state index is 13.9. The zero-order chi connectivity index (χ0) is 17.8. The van der Waals surface area contributed by atoms with Gasteiger partial charge in [0, 0.05) is 16.8 Å². The van der Waals surface area contributed by atoms with E-state index in [2.05, 4.69) is 38.1 Å². The number of fused-ring (bicyclic) bond motifs is 1. The zero-order valence-corrected chi connectivity index (χ0v) is 14.8. The molecule has 0 saturated heterocycles. The molecule has 2 aromatic carbocycles. The van der Waals surface area contributed by atoms with Gasteiger partial charge in [0.15, 0.2) is 0 Å². The first-order valence-electron chi connectivity index (χ1n) is 8.34. The van der Waals surface area contributed by atoms with E-state index in [0.29, 0.717) is 11.6 Å². The van der Waals surface area contributed by atoms with Crippen molar-refractivity contribution in [2.75, 3.05) is 17.2 Å². The fourth-order valence-corrected chi connectivity index (χ4v) is 3.42. The lowest BCUT2D eigenvalue weighted by molar-refractivity contribution is 0.631. The lowest BCUT2D eigenvalue weighted by atomic mass is 10.2. The summed E-state index contributed by atoms with van der Waals surface area (Å²) in [6.45, 7) is 0.765. The Bertz CT molecular complexity index is 1020. The van der Waals surface area contributed by atoms with Crippen molar-refractivity contribution in [2.24, 2.45) is 0 Å². The van der Waals surface area contributed by atoms with Crippen LogP contribution in [0.3, 0.4) is 0 Å². The molecule has 130 valence electrons. The largest absolute Gasteiger partial charge is 0.369 e. The average Bonchev–Trinajstić information content (AvgIpc) is 3.17. The van der Waals surface area contributed by atoms with Crippen LogP contribution >= 0.6 is 11.3 Å². The van der Waals surface area contributed by atoms with E-state index in [1.165, 1.54) is 10.9 Å². The number of rotatable bonds is 6. The van der Waals surface area contributed by atoms with E-state index in [0.717, 1.165) is 29.7 Å². The molecule has 4 nitrogen and oxygen atoms in total. The molecule has 0 spiro atoms. The van der Waals surface area contributed by atoms with Gasteiger partial charge in [0.2, 0.25) is 5.95 Å². The van der Waals surface area contributed by atoms with Gasteiger partial charge in [0.05, 0.1) is 11.2 Å². The maximum atomic E-state index is 13.9. The molecule has 0 aliphatic rings. The summed E-state index contributed by atoms with van der Waals surface area (Å²) in [4.78, 5) is 10.4. The predicted molar refractivity (Wildman–Crippen MR) is 106 cm³/mol. The van der Waals surface area contributed by atoms with Crippen LogP contribution in [-0.4, -0.2) is 16.5 Å². The number of thiophene rings is 1. The third kappa shape index (κ3) is 3.65. The zero-order valence-electron chi connectivity index (χ0n) is 13.9. The average molecular weight is 364 g/mol. The summed E-state index contributed by atoms with van der Waals surface area (Å²) in [6.07, 6.45) is 0.923. The molecule has 26 heavy (non-hydrogen) atoms. The van der Waals surface area contributed by atoms with Crippen LogP contribution in [0.2, 0.25) is 0 Å². The standard InChI is InChI=1S/C20H17FN4S/c21-16-8-2-4-10-18(16)24-20-23-17-9-3-1-7-15(17)19(25-20)22-12-11-14-6-5-13-26-14/h1-10,13H,11-12H2,(H2,22,23,24,25). The van der Waals surface area contributed by atoms with Crippen LogP contribution in [0.5, 0.6) is 0 Å². The van der Waals surface area contributed by atoms with E-state index < -0.39 is 0 Å². The second-order valence-electron chi connectivity index (χ2n) is 5.77. The van der Waals surface area contributed by atoms with Crippen molar-refractivity contribution in [3.8, 4) is 0 Å². The highest BCUT2D eigenvalue weighted by Crippen LogP contribution is 2.24. The number of benzene rings is 2. The lowest BCUT2D eigenvalue weighted by Crippen LogP contribution is -2.08. The van der Waals surface area contributed by atoms with Gasteiger partial charge >= 0.3 is 0 Å². The first kappa shape index (κ1) is 16.5. The number of anilines is 3. The highest BCUT2D eigenvalue weighted by molar-refractivity contribution is 7.09. The number of para-hydroxylation sites is 2. The molecule has 0 radical (unpaired) electrons. The Balaban J connectivity index is 1.61. The molecule has 0 amide bonds. The Hall–Kier alpha value is -2.99. The topological polar surface area (TPSA) is 49.8 Å². The summed E-state index contributed by atoms with van der Waals surface area (Å²) in [6, 6.07) is 18.5. The Morgan fingerprint density at radius 3 is 2.62 bits per heavy atom. The molecule has 0 unspecified atom stereocenters. The summed E-state index contributed by atoms with van der Waals surface area (Å²) < 4.78 is 13.9. The lowest BCUT2D eigenvalue weighted by Gasteiger charge is -2.12. The van der Waals surface area contributed by atoms with Crippen molar-refractivity contribution in [3.63, 3.8) is 0 Å². The number of aromatic nitrogens is 2. The van der Waals surface area contributed by atoms with Crippen LogP contribution in [0.1, 0.15) is 4.88 Å². The second kappa shape index (κ2) is 7.49. The van der Waals surface area contributed by atoms with Crippen molar-refractivity contribution in [1.29, 1.82) is 0 Å². The first-order valence-corrected chi connectivity index (χ1v) is 9.22. The van der Waals surface area contributed by atoms with Crippen LogP contribution in [0, 0.1) is 5.82 Å². The molecule has 4 rings (SSSR count). The Morgan fingerprint density at radius 2 is 1.77 bits per heavy atom. The van der Waals surface area contributed by atoms with Gasteiger partial charge in [-0.25, -0.2) is 9.37 Å². The molecule has 0 saturated carbocycles. The molecular weight excluding hydrogens is 347 g/mol. The molecule has 6 heteroatoms. The van der Waals surface area contributed by atoms with Crippen molar-refractivity contribution >= 4 is 39.7 Å². The first-order chi connectivity index (χ1) is 12.8. The van der Waals surface area contributed by atoms with Crippen molar-refractivity contribution in [3.05, 3.63) is 76.7 Å². The molecule has 0 aliphatic heterocycles. The van der Waals surface area contributed by atoms with E-state index in [1.807, 2.05) is 24.3 Å². The van der Waals surface area contributed by atoms with Gasteiger partial charge in [-0.2, -0.15) is 4.98 Å². The molecule has 0 fully saturated rings. The van der Waals surface area contributed by atoms with Gasteiger partial charge in [-0.15, -0.1) is 11.3 Å². The Kier molecular flexibility index (Phi) is 4.75. The smallest absolute Gasteiger partial charge is 0.229 e. The van der Waals surface area contributed by atoms with Gasteiger partial charge < -0.3 is 10.6 Å². The van der Waals surface area contributed by atoms with Crippen LogP contribution < -0.4 is 10.6 Å². The van der Waals surface area contributed by atoms with E-state index in [-0.39, 0.29) is 5.82 Å². The van der Waals surface area contributed by atoms with E-state index in [9.17, 15) is 4.39 Å². The van der Waals surface area contributed by atoms with Gasteiger partial charge in [-0.3, -0.25) is 0 Å². The van der Waals surface area contributed by atoms with Gasteiger partial charge in [-0.1, -0.05) is 30.3 Å². The van der Waals surface area contributed by atoms with Crippen molar-refractivity contribution in [2.45, 2.75) is 6.42 Å². The molecule has 0 bridgehead atoms. The van der Waals surface area contributed by atoms with Crippen molar-refractivity contribution in [1.82, 2.24) is 9.97 Å². The fourth-order valence-electron chi connectivity index (χ4n) is 2.71. The van der Waals surface area contributed by atoms with Gasteiger partial charge in [0.1, 0.15) is 11.6 Å². The second-order valence-corrected chi connectivity index (χ2v) is 6.81. The minimum atomic E-state index is -0.337. The van der Waals surface area contributed by atoms with Crippen LogP contribution in [-0.2, 0) is 6.42 Å². The fraction of sp³-hybridized carbons (Fsp3) is 0.100. The normalized spacial score (nSPS) is 10.8. The SMILES string of the molecule is Fc1ccccc1Nc1nc(NCCc2cccs2)c2ccccc2n1. The summed E-state index contributed by atoms with van der Waals surface area (Å²) in [5.74, 6) is 0.773. The molecule has 2 heterocycles. The highest BCUT2D eigenvalue weighted by Gasteiger charge is 2.09. The summed E-state index contributed by atoms with van der Waals surface area (Å²) in [5.41, 5.74) is 1.16. The molecule has 2 N–H and O–H groups in total. The van der Waals surface area contributed by atoms with Gasteiger partial charge in [0.25, 0.3) is 0 Å². The van der Waals surface area contributed by atoms with Crippen LogP contribution in [0.25, 0.3) is 10.9 Å². The van der Waals surface area contributed by atoms with E-state index in [4.69, 9.17) is 0 Å². The van der Waals surface area contributed by atoms with E-state index >= 15 is 0 Å². The number of nitrogens with one attached hydrogen (secondary N) is 2. The monoisotopic (exact) mass is 364 g/mol. The number of hydrogen-bond donors (Lipinski definition) is 2. The third-order valence-corrected chi connectivity index (χ3v) is 4.90. The quantitative estimate of drug-likeness (QED) is 0.492. The maximum Gasteiger partial charge on any atom is 0.229 e. The highest BCUT2D eigenvalue weighted by atomic mass is 32.1. The third-order valence-electron chi connectivity index (χ3n) is 3.97. The van der Waals surface area contributed by atoms with Gasteiger partial charge in [-0.05, 0) is 42.1 Å². The van der Waals surface area contributed by atoms with E-state index in [1.54, 1.807) is 29.5 Å². The summed E-state index contributed by atoms with van der Waals surface area (Å²) in [7, 11) is 0. The molecule has 4 aromatic rings. The summed E-state index contributed by atoms with van der Waals surface area (Å²) >= 11 is 1.74. The van der Waals surface area contributed by atoms with Crippen LogP contribution in [0.4, 0.5) is 21.8 Å². The Labute approximate surface area is 154 Å². The number of hydrogen-bond acceptors (Lipinski definition) is 5. The molecule has 0 atom stereocenters. The van der Waals surface area contributed by atoms with Crippen LogP contribution in [0.15, 0.2) is 66.0 Å². The molecular formula is C20H17FN4S. The summed E-state index contributed by atoms with van der Waals surface area (Å²) in [5, 5.41) is 9.38. The predicted octanol–water partition coefficient (Wildman–Crippen LogP) is 5.23. The molecule has 2 aromatic heterocycles. The number of nitrogens with zero attached hydrogens (tertiary/aromatic N) is 2. The Morgan fingerprint density at radius 1 is 0.923 bits per heavy atom. The number of halogens is 1. The minimum Gasteiger partial charge on any atom is -0.369 e. The van der Waals surface area contributed by atoms with Crippen molar-refractivity contribution < 1.29 is 4.39 Å². The minimum absolute atomic E-state index is 0.337.